The van der Waals surface area contributed by atoms with E-state index in [0.717, 1.165) is 5.56 Å². The number of carboxylic acids is 1. The van der Waals surface area contributed by atoms with Gasteiger partial charge in [-0.25, -0.2) is 4.79 Å². The van der Waals surface area contributed by atoms with E-state index in [1.54, 1.807) is 12.1 Å². The second-order valence-corrected chi connectivity index (χ2v) is 5.15. The fraction of sp³-hybridized carbons (Fsp3) is 0.467. The van der Waals surface area contributed by atoms with Gasteiger partial charge in [-0.15, -0.1) is 0 Å². The highest BCUT2D eigenvalue weighted by molar-refractivity contribution is 5.85. The van der Waals surface area contributed by atoms with E-state index in [0.29, 0.717) is 24.9 Å². The van der Waals surface area contributed by atoms with Gasteiger partial charge in [0.25, 0.3) is 0 Å². The lowest BCUT2D eigenvalue weighted by Crippen LogP contribution is -2.45. The molecule has 1 aromatic carbocycles. The van der Waals surface area contributed by atoms with Crippen LogP contribution in [0.1, 0.15) is 36.9 Å². The molecule has 1 aliphatic heterocycles. The number of nitrogens with two attached hydrogens (primary N) is 1. The zero-order chi connectivity index (χ0) is 14.7. The molecule has 0 spiro atoms. The van der Waals surface area contributed by atoms with E-state index >= 15 is 0 Å². The van der Waals surface area contributed by atoms with Gasteiger partial charge in [-0.05, 0) is 24.0 Å². The van der Waals surface area contributed by atoms with Crippen molar-refractivity contribution in [1.82, 2.24) is 4.90 Å². The highest BCUT2D eigenvalue weighted by Crippen LogP contribution is 2.30. The molecule has 0 aliphatic carbocycles. The maximum Gasteiger partial charge on any atom is 0.331 e. The first-order valence-electron chi connectivity index (χ1n) is 6.90. The maximum atomic E-state index is 12.3. The van der Waals surface area contributed by atoms with E-state index in [2.05, 4.69) is 0 Å². The number of carboxylic acid groups (broad SMARTS) is 1. The summed E-state index contributed by atoms with van der Waals surface area (Å²) in [7, 11) is 0. The Morgan fingerprint density at radius 1 is 1.45 bits per heavy atom. The number of hydrogen-bond acceptors (Lipinski definition) is 3. The van der Waals surface area contributed by atoms with Gasteiger partial charge >= 0.3 is 5.97 Å². The molecule has 0 radical (unpaired) electrons. The van der Waals surface area contributed by atoms with Crippen molar-refractivity contribution in [2.75, 3.05) is 6.54 Å². The molecule has 108 valence electrons. The van der Waals surface area contributed by atoms with Crippen LogP contribution in [0.5, 0.6) is 0 Å². The standard InChI is InChI=1S/C15H20N2O3/c1-2-11(16)9-13(18)17-8-7-10-5-3-4-6-12(10)14(17)15(19)20/h3-6,11,14H,2,7-9,16H2,1H3,(H,19,20). The van der Waals surface area contributed by atoms with Crippen LogP contribution < -0.4 is 5.73 Å². The molecule has 2 unspecified atom stereocenters. The van der Waals surface area contributed by atoms with Crippen molar-refractivity contribution < 1.29 is 14.7 Å². The predicted molar refractivity (Wildman–Crippen MR) is 75.1 cm³/mol. The molecule has 0 saturated carbocycles. The molecule has 0 bridgehead atoms. The predicted octanol–water partition coefficient (Wildman–Crippen LogP) is 1.32. The Labute approximate surface area is 118 Å². The van der Waals surface area contributed by atoms with Crippen LogP contribution in [-0.2, 0) is 16.0 Å². The number of benzene rings is 1. The van der Waals surface area contributed by atoms with Crippen LogP contribution in [0.25, 0.3) is 0 Å². The zero-order valence-electron chi connectivity index (χ0n) is 11.6. The van der Waals surface area contributed by atoms with Crippen LogP contribution in [0.15, 0.2) is 24.3 Å². The summed E-state index contributed by atoms with van der Waals surface area (Å²) in [5.74, 6) is -1.17. The van der Waals surface area contributed by atoms with E-state index in [-0.39, 0.29) is 18.4 Å². The molecule has 1 aromatic rings. The number of carbonyl (C=O) groups is 2. The van der Waals surface area contributed by atoms with E-state index < -0.39 is 12.0 Å². The lowest BCUT2D eigenvalue weighted by atomic mass is 9.92. The van der Waals surface area contributed by atoms with Crippen molar-refractivity contribution in [3.8, 4) is 0 Å². The molecule has 2 atom stereocenters. The first-order chi connectivity index (χ1) is 9.54. The lowest BCUT2D eigenvalue weighted by molar-refractivity contribution is -0.151. The average molecular weight is 276 g/mol. The minimum absolute atomic E-state index is 0.179. The van der Waals surface area contributed by atoms with Crippen LogP contribution in [-0.4, -0.2) is 34.5 Å². The summed E-state index contributed by atoms with van der Waals surface area (Å²) in [6.45, 7) is 2.35. The Kier molecular flexibility index (Phi) is 4.39. The lowest BCUT2D eigenvalue weighted by Gasteiger charge is -2.35. The summed E-state index contributed by atoms with van der Waals surface area (Å²) in [5, 5.41) is 9.47. The molecule has 0 saturated heterocycles. The van der Waals surface area contributed by atoms with Crippen molar-refractivity contribution >= 4 is 11.9 Å². The summed E-state index contributed by atoms with van der Waals surface area (Å²) >= 11 is 0. The Balaban J connectivity index is 2.27. The third kappa shape index (κ3) is 2.82. The summed E-state index contributed by atoms with van der Waals surface area (Å²) in [5.41, 5.74) is 7.52. The van der Waals surface area contributed by atoms with Gasteiger partial charge in [-0.2, -0.15) is 0 Å². The Morgan fingerprint density at radius 2 is 2.15 bits per heavy atom. The second-order valence-electron chi connectivity index (χ2n) is 5.15. The van der Waals surface area contributed by atoms with E-state index in [9.17, 15) is 14.7 Å². The SMILES string of the molecule is CCC(N)CC(=O)N1CCc2ccccc2C1C(=O)O. The van der Waals surface area contributed by atoms with Gasteiger partial charge < -0.3 is 15.7 Å². The normalized spacial score (nSPS) is 19.3. The molecule has 5 heteroatoms. The largest absolute Gasteiger partial charge is 0.479 e. The summed E-state index contributed by atoms with van der Waals surface area (Å²) in [4.78, 5) is 25.3. The fourth-order valence-electron chi connectivity index (χ4n) is 2.59. The molecular formula is C15H20N2O3. The molecule has 2 rings (SSSR count). The number of amides is 1. The summed E-state index contributed by atoms with van der Waals surface area (Å²) in [6.07, 6.45) is 1.59. The molecule has 1 amide bonds. The van der Waals surface area contributed by atoms with Crippen LogP contribution in [0.4, 0.5) is 0 Å². The smallest absolute Gasteiger partial charge is 0.331 e. The summed E-state index contributed by atoms with van der Waals surface area (Å²) in [6, 6.07) is 6.30. The number of hydrogen-bond donors (Lipinski definition) is 2. The molecule has 20 heavy (non-hydrogen) atoms. The van der Waals surface area contributed by atoms with Gasteiger partial charge in [0.15, 0.2) is 6.04 Å². The highest BCUT2D eigenvalue weighted by Gasteiger charge is 2.35. The zero-order valence-corrected chi connectivity index (χ0v) is 11.6. The van der Waals surface area contributed by atoms with Gasteiger partial charge in [0, 0.05) is 19.0 Å². The van der Waals surface area contributed by atoms with Crippen molar-refractivity contribution in [3.05, 3.63) is 35.4 Å². The monoisotopic (exact) mass is 276 g/mol. The number of rotatable bonds is 4. The van der Waals surface area contributed by atoms with Crippen LogP contribution in [0, 0.1) is 0 Å². The van der Waals surface area contributed by atoms with Gasteiger partial charge in [-0.1, -0.05) is 31.2 Å². The molecular weight excluding hydrogens is 256 g/mol. The minimum Gasteiger partial charge on any atom is -0.479 e. The number of nitrogens with zero attached hydrogens (tertiary/aromatic N) is 1. The van der Waals surface area contributed by atoms with Gasteiger partial charge in [0.1, 0.15) is 0 Å². The molecule has 0 fully saturated rings. The minimum atomic E-state index is -0.990. The van der Waals surface area contributed by atoms with Gasteiger partial charge in [-0.3, -0.25) is 4.79 Å². The van der Waals surface area contributed by atoms with Gasteiger partial charge in [0.2, 0.25) is 5.91 Å². The third-order valence-corrected chi connectivity index (χ3v) is 3.80. The molecule has 5 nitrogen and oxygen atoms in total. The molecule has 1 heterocycles. The topological polar surface area (TPSA) is 83.6 Å². The highest BCUT2D eigenvalue weighted by atomic mass is 16.4. The summed E-state index contributed by atoms with van der Waals surface area (Å²) < 4.78 is 0. The quantitative estimate of drug-likeness (QED) is 0.869. The van der Waals surface area contributed by atoms with E-state index in [4.69, 9.17) is 5.73 Å². The maximum absolute atomic E-state index is 12.3. The fourth-order valence-corrected chi connectivity index (χ4v) is 2.59. The second kappa shape index (κ2) is 6.05. The molecule has 1 aliphatic rings. The Bertz CT molecular complexity index is 516. The average Bonchev–Trinajstić information content (AvgIpc) is 2.45. The Morgan fingerprint density at radius 3 is 2.80 bits per heavy atom. The van der Waals surface area contributed by atoms with E-state index in [1.807, 2.05) is 19.1 Å². The van der Waals surface area contributed by atoms with Crippen LogP contribution >= 0.6 is 0 Å². The number of carbonyl (C=O) groups excluding carboxylic acids is 1. The Hall–Kier alpha value is -1.88. The number of fused-ring (bicyclic) bond motifs is 1. The first kappa shape index (κ1) is 14.5. The van der Waals surface area contributed by atoms with Crippen LogP contribution in [0.2, 0.25) is 0 Å². The first-order valence-corrected chi connectivity index (χ1v) is 6.90. The van der Waals surface area contributed by atoms with Gasteiger partial charge in [0.05, 0.1) is 0 Å². The third-order valence-electron chi connectivity index (χ3n) is 3.80. The van der Waals surface area contributed by atoms with Crippen molar-refractivity contribution in [2.24, 2.45) is 5.73 Å². The molecule has 0 aromatic heterocycles. The molecule has 3 N–H and O–H groups in total. The van der Waals surface area contributed by atoms with Crippen molar-refractivity contribution in [1.29, 1.82) is 0 Å². The van der Waals surface area contributed by atoms with E-state index in [1.165, 1.54) is 4.90 Å². The number of aliphatic carboxylic acids is 1. The van der Waals surface area contributed by atoms with Crippen molar-refractivity contribution in [3.63, 3.8) is 0 Å². The van der Waals surface area contributed by atoms with Crippen molar-refractivity contribution in [2.45, 2.75) is 38.3 Å². The van der Waals surface area contributed by atoms with Crippen LogP contribution in [0.3, 0.4) is 0 Å².